The van der Waals surface area contributed by atoms with Crippen molar-refractivity contribution < 1.29 is 4.92 Å². The van der Waals surface area contributed by atoms with Crippen molar-refractivity contribution in [3.05, 3.63) is 57.7 Å². The van der Waals surface area contributed by atoms with E-state index < -0.39 is 0 Å². The topological polar surface area (TPSA) is 73.0 Å². The smallest absolute Gasteiger partial charge is 0.272 e. The maximum Gasteiger partial charge on any atom is 0.272 e. The molecule has 6 heteroatoms. The van der Waals surface area contributed by atoms with Crippen LogP contribution in [0.15, 0.2) is 30.7 Å². The molecule has 0 spiro atoms. The number of benzene rings is 1. The van der Waals surface area contributed by atoms with Crippen LogP contribution in [0.5, 0.6) is 0 Å². The first-order valence-electron chi connectivity index (χ1n) is 7.11. The van der Waals surface area contributed by atoms with Gasteiger partial charge in [-0.15, -0.1) is 0 Å². The second-order valence-electron chi connectivity index (χ2n) is 5.45. The molecule has 110 valence electrons. The third-order valence-electron chi connectivity index (χ3n) is 3.92. The summed E-state index contributed by atoms with van der Waals surface area (Å²) in [6, 6.07) is 5.81. The molecule has 0 amide bonds. The number of imidazole rings is 1. The summed E-state index contributed by atoms with van der Waals surface area (Å²) in [5.74, 6) is 0. The SMILES string of the molecule is Cc1c(CNCc2cncn2C2CC2)cccc1[N+](=O)[O-]. The minimum atomic E-state index is -0.332. The van der Waals surface area contributed by atoms with Gasteiger partial charge in [-0.2, -0.15) is 0 Å². The third kappa shape index (κ3) is 2.95. The Hall–Kier alpha value is -2.21. The number of nitro groups is 1. The Morgan fingerprint density at radius 1 is 1.43 bits per heavy atom. The Balaban J connectivity index is 1.64. The molecule has 0 aliphatic heterocycles. The second kappa shape index (κ2) is 5.65. The van der Waals surface area contributed by atoms with Crippen molar-refractivity contribution in [2.75, 3.05) is 0 Å². The van der Waals surface area contributed by atoms with Gasteiger partial charge in [0.25, 0.3) is 5.69 Å². The third-order valence-corrected chi connectivity index (χ3v) is 3.92. The van der Waals surface area contributed by atoms with Gasteiger partial charge in [0, 0.05) is 37.0 Å². The summed E-state index contributed by atoms with van der Waals surface area (Å²) in [5, 5.41) is 14.3. The number of hydrogen-bond acceptors (Lipinski definition) is 4. The summed E-state index contributed by atoms with van der Waals surface area (Å²) in [7, 11) is 0. The van der Waals surface area contributed by atoms with E-state index in [0.717, 1.165) is 17.7 Å². The molecule has 1 aromatic carbocycles. The van der Waals surface area contributed by atoms with Crippen LogP contribution in [0.2, 0.25) is 0 Å². The number of nitrogens with zero attached hydrogens (tertiary/aromatic N) is 3. The molecule has 3 rings (SSSR count). The monoisotopic (exact) mass is 286 g/mol. The summed E-state index contributed by atoms with van der Waals surface area (Å²) in [5.41, 5.74) is 3.03. The van der Waals surface area contributed by atoms with Gasteiger partial charge < -0.3 is 9.88 Å². The number of nitro benzene ring substituents is 1. The van der Waals surface area contributed by atoms with Crippen LogP contribution < -0.4 is 5.32 Å². The van der Waals surface area contributed by atoms with Gasteiger partial charge in [-0.1, -0.05) is 12.1 Å². The molecule has 0 radical (unpaired) electrons. The first-order chi connectivity index (χ1) is 10.2. The first-order valence-corrected chi connectivity index (χ1v) is 7.11. The van der Waals surface area contributed by atoms with Crippen LogP contribution in [-0.2, 0) is 13.1 Å². The highest BCUT2D eigenvalue weighted by atomic mass is 16.6. The van der Waals surface area contributed by atoms with Crippen LogP contribution in [0.4, 0.5) is 5.69 Å². The first kappa shape index (κ1) is 13.8. The molecule has 1 aliphatic carbocycles. The lowest BCUT2D eigenvalue weighted by molar-refractivity contribution is -0.385. The van der Waals surface area contributed by atoms with Crippen LogP contribution in [-0.4, -0.2) is 14.5 Å². The molecule has 0 unspecified atom stereocenters. The molecule has 1 heterocycles. The fourth-order valence-electron chi connectivity index (χ4n) is 2.53. The minimum Gasteiger partial charge on any atom is -0.330 e. The second-order valence-corrected chi connectivity index (χ2v) is 5.45. The molecule has 1 fully saturated rings. The van der Waals surface area contributed by atoms with Crippen LogP contribution in [0.3, 0.4) is 0 Å². The standard InChI is InChI=1S/C15H18N4O2/c1-11-12(3-2-4-15(11)19(20)21)7-16-8-14-9-17-10-18(14)13-5-6-13/h2-4,9-10,13,16H,5-8H2,1H3. The fraction of sp³-hybridized carbons (Fsp3) is 0.400. The Kier molecular flexibility index (Phi) is 3.70. The zero-order valence-corrected chi connectivity index (χ0v) is 12.0. The molecule has 0 atom stereocenters. The molecule has 1 N–H and O–H groups in total. The van der Waals surface area contributed by atoms with E-state index in [9.17, 15) is 10.1 Å². The molecule has 6 nitrogen and oxygen atoms in total. The van der Waals surface area contributed by atoms with Crippen molar-refractivity contribution in [1.82, 2.24) is 14.9 Å². The lowest BCUT2D eigenvalue weighted by Crippen LogP contribution is -2.16. The minimum absolute atomic E-state index is 0.178. The highest BCUT2D eigenvalue weighted by Crippen LogP contribution is 2.35. The van der Waals surface area contributed by atoms with Gasteiger partial charge >= 0.3 is 0 Å². The maximum absolute atomic E-state index is 10.9. The van der Waals surface area contributed by atoms with Gasteiger partial charge in [-0.05, 0) is 25.3 Å². The lowest BCUT2D eigenvalue weighted by atomic mass is 10.1. The number of nitrogens with one attached hydrogen (secondary N) is 1. The van der Waals surface area contributed by atoms with E-state index >= 15 is 0 Å². The average Bonchev–Trinajstić information content (AvgIpc) is 3.20. The molecule has 1 aromatic heterocycles. The number of hydrogen-bond donors (Lipinski definition) is 1. The molecule has 1 saturated carbocycles. The van der Waals surface area contributed by atoms with E-state index in [-0.39, 0.29) is 10.6 Å². The van der Waals surface area contributed by atoms with E-state index in [1.165, 1.54) is 18.5 Å². The number of aromatic nitrogens is 2. The maximum atomic E-state index is 10.9. The van der Waals surface area contributed by atoms with Gasteiger partial charge in [-0.3, -0.25) is 10.1 Å². The fourth-order valence-corrected chi connectivity index (χ4v) is 2.53. The van der Waals surface area contributed by atoms with Gasteiger partial charge in [0.05, 0.1) is 16.9 Å². The molecule has 1 aliphatic rings. The van der Waals surface area contributed by atoms with Crippen LogP contribution in [0, 0.1) is 17.0 Å². The molecule has 21 heavy (non-hydrogen) atoms. The van der Waals surface area contributed by atoms with E-state index in [4.69, 9.17) is 0 Å². The summed E-state index contributed by atoms with van der Waals surface area (Å²) in [6.07, 6.45) is 6.22. The van der Waals surface area contributed by atoms with E-state index in [1.54, 1.807) is 19.1 Å². The summed E-state index contributed by atoms with van der Waals surface area (Å²) >= 11 is 0. The van der Waals surface area contributed by atoms with Gasteiger partial charge in [0.15, 0.2) is 0 Å². The summed E-state index contributed by atoms with van der Waals surface area (Å²) in [6.45, 7) is 3.13. The molecular weight excluding hydrogens is 268 g/mol. The summed E-state index contributed by atoms with van der Waals surface area (Å²) in [4.78, 5) is 14.8. The van der Waals surface area contributed by atoms with Gasteiger partial charge in [0.2, 0.25) is 0 Å². The Morgan fingerprint density at radius 2 is 2.24 bits per heavy atom. The number of rotatable bonds is 6. The zero-order valence-electron chi connectivity index (χ0n) is 12.0. The van der Waals surface area contributed by atoms with E-state index in [1.807, 2.05) is 18.6 Å². The quantitative estimate of drug-likeness (QED) is 0.654. The molecule has 0 bridgehead atoms. The van der Waals surface area contributed by atoms with Crippen molar-refractivity contribution in [2.24, 2.45) is 0 Å². The lowest BCUT2D eigenvalue weighted by Gasteiger charge is -2.10. The predicted octanol–water partition coefficient (Wildman–Crippen LogP) is 2.72. The normalized spacial score (nSPS) is 14.3. The van der Waals surface area contributed by atoms with E-state index in [2.05, 4.69) is 14.9 Å². The van der Waals surface area contributed by atoms with Gasteiger partial charge in [-0.25, -0.2) is 4.98 Å². The Bertz CT molecular complexity index is 661. The highest BCUT2D eigenvalue weighted by molar-refractivity contribution is 5.44. The van der Waals surface area contributed by atoms with Crippen molar-refractivity contribution in [2.45, 2.75) is 38.9 Å². The summed E-state index contributed by atoms with van der Waals surface area (Å²) < 4.78 is 2.22. The Labute approximate surface area is 123 Å². The van der Waals surface area contributed by atoms with Crippen molar-refractivity contribution in [1.29, 1.82) is 0 Å². The largest absolute Gasteiger partial charge is 0.330 e. The predicted molar refractivity (Wildman–Crippen MR) is 78.9 cm³/mol. The van der Waals surface area contributed by atoms with Crippen LogP contribution in [0.1, 0.15) is 35.7 Å². The molecular formula is C15H18N4O2. The van der Waals surface area contributed by atoms with Crippen LogP contribution >= 0.6 is 0 Å². The van der Waals surface area contributed by atoms with Gasteiger partial charge in [0.1, 0.15) is 0 Å². The average molecular weight is 286 g/mol. The van der Waals surface area contributed by atoms with E-state index in [0.29, 0.717) is 12.6 Å². The van der Waals surface area contributed by atoms with Crippen molar-refractivity contribution in [3.8, 4) is 0 Å². The molecule has 2 aromatic rings. The molecule has 0 saturated heterocycles. The van der Waals surface area contributed by atoms with Crippen molar-refractivity contribution >= 4 is 5.69 Å². The Morgan fingerprint density at radius 3 is 2.95 bits per heavy atom. The van der Waals surface area contributed by atoms with Crippen LogP contribution in [0.25, 0.3) is 0 Å². The van der Waals surface area contributed by atoms with Crippen molar-refractivity contribution in [3.63, 3.8) is 0 Å². The highest BCUT2D eigenvalue weighted by Gasteiger charge is 2.24. The zero-order chi connectivity index (χ0) is 14.8.